The summed E-state index contributed by atoms with van der Waals surface area (Å²) in [5.74, 6) is 1.06. The quantitative estimate of drug-likeness (QED) is 0.519. The maximum atomic E-state index is 13.2. The Bertz CT molecular complexity index is 836. The van der Waals surface area contributed by atoms with Gasteiger partial charge < -0.3 is 19.7 Å². The molecule has 1 N–H and O–H groups in total. The Balaban J connectivity index is 2.18. The van der Waals surface area contributed by atoms with E-state index in [2.05, 4.69) is 12.2 Å². The van der Waals surface area contributed by atoms with Crippen LogP contribution in [0.4, 0.5) is 0 Å². The molecule has 0 unspecified atom stereocenters. The molecule has 0 spiro atoms. The lowest BCUT2D eigenvalue weighted by atomic mass is 10.1. The summed E-state index contributed by atoms with van der Waals surface area (Å²) in [7, 11) is 1.61. The largest absolute Gasteiger partial charge is 0.497 e. The van der Waals surface area contributed by atoms with E-state index in [0.29, 0.717) is 25.3 Å². The smallest absolute Gasteiger partial charge is 0.261 e. The molecule has 2 amide bonds. The minimum atomic E-state index is -0.563. The Hall–Kier alpha value is -3.02. The highest BCUT2D eigenvalue weighted by molar-refractivity contribution is 5.88. The minimum Gasteiger partial charge on any atom is -0.497 e. The summed E-state index contributed by atoms with van der Waals surface area (Å²) in [4.78, 5) is 27.6. The van der Waals surface area contributed by atoms with E-state index >= 15 is 0 Å². The van der Waals surface area contributed by atoms with E-state index in [-0.39, 0.29) is 18.4 Å². The number of amides is 2. The summed E-state index contributed by atoms with van der Waals surface area (Å²) in [6.45, 7) is 6.73. The van der Waals surface area contributed by atoms with Gasteiger partial charge in [0, 0.05) is 13.1 Å². The Morgan fingerprint density at radius 2 is 1.77 bits per heavy atom. The zero-order valence-corrected chi connectivity index (χ0v) is 19.0. The zero-order valence-electron chi connectivity index (χ0n) is 19.0. The van der Waals surface area contributed by atoms with Crippen molar-refractivity contribution in [1.29, 1.82) is 0 Å². The highest BCUT2D eigenvalue weighted by atomic mass is 16.5. The average molecular weight is 427 g/mol. The topological polar surface area (TPSA) is 67.9 Å². The van der Waals surface area contributed by atoms with Crippen molar-refractivity contribution in [2.24, 2.45) is 0 Å². The number of ether oxygens (including phenoxy) is 2. The van der Waals surface area contributed by atoms with E-state index in [9.17, 15) is 9.59 Å². The summed E-state index contributed by atoms with van der Waals surface area (Å²) < 4.78 is 11.0. The third kappa shape index (κ3) is 7.31. The lowest BCUT2D eigenvalue weighted by Crippen LogP contribution is -2.50. The van der Waals surface area contributed by atoms with Crippen molar-refractivity contribution >= 4 is 11.8 Å². The second-order valence-electron chi connectivity index (χ2n) is 7.49. The van der Waals surface area contributed by atoms with Crippen molar-refractivity contribution in [3.63, 3.8) is 0 Å². The van der Waals surface area contributed by atoms with Crippen LogP contribution in [0.2, 0.25) is 0 Å². The van der Waals surface area contributed by atoms with Crippen LogP contribution in [0, 0.1) is 6.92 Å². The van der Waals surface area contributed by atoms with Crippen molar-refractivity contribution in [1.82, 2.24) is 10.2 Å². The van der Waals surface area contributed by atoms with Crippen molar-refractivity contribution in [3.05, 3.63) is 59.7 Å². The number of unbranched alkanes of at least 4 members (excludes halogenated alkanes) is 1. The van der Waals surface area contributed by atoms with Crippen LogP contribution in [0.1, 0.15) is 44.2 Å². The van der Waals surface area contributed by atoms with Gasteiger partial charge in [0.15, 0.2) is 6.61 Å². The molecule has 0 heterocycles. The Kier molecular flexibility index (Phi) is 9.88. The number of hydrogen-bond donors (Lipinski definition) is 1. The molecule has 0 aliphatic rings. The number of rotatable bonds is 12. The fourth-order valence-electron chi connectivity index (χ4n) is 3.29. The number of carbonyl (C=O) groups excluding carboxylic acids is 2. The van der Waals surface area contributed by atoms with Gasteiger partial charge in [0.05, 0.1) is 7.11 Å². The maximum Gasteiger partial charge on any atom is 0.261 e. The van der Waals surface area contributed by atoms with Crippen LogP contribution in [-0.2, 0) is 16.1 Å². The first-order chi connectivity index (χ1) is 15.0. The molecule has 0 aliphatic carbocycles. The predicted octanol–water partition coefficient (Wildman–Crippen LogP) is 4.11. The highest BCUT2D eigenvalue weighted by Gasteiger charge is 2.28. The number of nitrogens with zero attached hydrogens (tertiary/aromatic N) is 1. The first-order valence-corrected chi connectivity index (χ1v) is 10.9. The van der Waals surface area contributed by atoms with Gasteiger partial charge in [-0.05, 0) is 49.1 Å². The molecule has 0 aromatic heterocycles. The SMILES string of the molecule is CCCCNC(=O)[C@@H](CC)N(Cc1ccc(OC)cc1)C(=O)COc1ccccc1C. The van der Waals surface area contributed by atoms with Gasteiger partial charge in [-0.2, -0.15) is 0 Å². The van der Waals surface area contributed by atoms with Gasteiger partial charge in [-0.3, -0.25) is 9.59 Å². The molecule has 2 aromatic rings. The fraction of sp³-hybridized carbons (Fsp3) is 0.440. The van der Waals surface area contributed by atoms with Crippen molar-refractivity contribution in [2.45, 2.75) is 52.6 Å². The number of para-hydroxylation sites is 1. The average Bonchev–Trinajstić information content (AvgIpc) is 2.78. The van der Waals surface area contributed by atoms with Crippen LogP contribution in [0.5, 0.6) is 11.5 Å². The van der Waals surface area contributed by atoms with E-state index in [0.717, 1.165) is 29.7 Å². The standard InChI is InChI=1S/C25H34N2O4/c1-5-7-16-26-25(29)22(6-2)27(17-20-12-14-21(30-4)15-13-20)24(28)18-31-23-11-9-8-10-19(23)3/h8-15,22H,5-7,16-18H2,1-4H3,(H,26,29)/t22-/m1/s1. The Morgan fingerprint density at radius 1 is 1.06 bits per heavy atom. The second-order valence-corrected chi connectivity index (χ2v) is 7.49. The molecule has 1 atom stereocenters. The van der Waals surface area contributed by atoms with E-state index < -0.39 is 6.04 Å². The van der Waals surface area contributed by atoms with Crippen molar-refractivity contribution in [2.75, 3.05) is 20.3 Å². The van der Waals surface area contributed by atoms with Crippen molar-refractivity contribution in [3.8, 4) is 11.5 Å². The number of aryl methyl sites for hydroxylation is 1. The molecule has 0 fully saturated rings. The lowest BCUT2D eigenvalue weighted by molar-refractivity contribution is -0.143. The molecule has 2 aromatic carbocycles. The van der Waals surface area contributed by atoms with Crippen LogP contribution in [0.3, 0.4) is 0 Å². The van der Waals surface area contributed by atoms with Gasteiger partial charge >= 0.3 is 0 Å². The molecule has 6 nitrogen and oxygen atoms in total. The van der Waals surface area contributed by atoms with Gasteiger partial charge in [-0.1, -0.05) is 50.6 Å². The zero-order chi connectivity index (χ0) is 22.6. The van der Waals surface area contributed by atoms with E-state index in [4.69, 9.17) is 9.47 Å². The van der Waals surface area contributed by atoms with Crippen LogP contribution < -0.4 is 14.8 Å². The second kappa shape index (κ2) is 12.6. The van der Waals surface area contributed by atoms with Gasteiger partial charge in [0.2, 0.25) is 5.91 Å². The predicted molar refractivity (Wildman–Crippen MR) is 122 cm³/mol. The fourth-order valence-corrected chi connectivity index (χ4v) is 3.29. The number of nitrogens with one attached hydrogen (secondary N) is 1. The minimum absolute atomic E-state index is 0.125. The van der Waals surface area contributed by atoms with Crippen LogP contribution in [0.25, 0.3) is 0 Å². The van der Waals surface area contributed by atoms with Gasteiger partial charge in [0.25, 0.3) is 5.91 Å². The number of benzene rings is 2. The molecule has 168 valence electrons. The Labute approximate surface area is 185 Å². The van der Waals surface area contributed by atoms with E-state index in [1.807, 2.05) is 62.4 Å². The van der Waals surface area contributed by atoms with Gasteiger partial charge in [-0.25, -0.2) is 0 Å². The van der Waals surface area contributed by atoms with E-state index in [1.165, 1.54) is 0 Å². The summed E-state index contributed by atoms with van der Waals surface area (Å²) in [5, 5.41) is 2.96. The lowest BCUT2D eigenvalue weighted by Gasteiger charge is -2.30. The molecule has 31 heavy (non-hydrogen) atoms. The molecule has 0 bridgehead atoms. The number of hydrogen-bond acceptors (Lipinski definition) is 4. The van der Waals surface area contributed by atoms with Crippen molar-refractivity contribution < 1.29 is 19.1 Å². The monoisotopic (exact) mass is 426 g/mol. The Morgan fingerprint density at radius 3 is 2.39 bits per heavy atom. The summed E-state index contributed by atoms with van der Waals surface area (Å²) in [5.41, 5.74) is 1.88. The summed E-state index contributed by atoms with van der Waals surface area (Å²) in [6.07, 6.45) is 2.42. The third-order valence-electron chi connectivity index (χ3n) is 5.17. The first-order valence-electron chi connectivity index (χ1n) is 10.9. The molecular formula is C25H34N2O4. The molecular weight excluding hydrogens is 392 g/mol. The number of carbonyl (C=O) groups is 2. The highest BCUT2D eigenvalue weighted by Crippen LogP contribution is 2.19. The third-order valence-corrected chi connectivity index (χ3v) is 5.17. The van der Waals surface area contributed by atoms with Crippen LogP contribution in [0.15, 0.2) is 48.5 Å². The first kappa shape index (κ1) is 24.3. The van der Waals surface area contributed by atoms with Crippen LogP contribution in [-0.4, -0.2) is 43.0 Å². The van der Waals surface area contributed by atoms with Crippen LogP contribution >= 0.6 is 0 Å². The van der Waals surface area contributed by atoms with Gasteiger partial charge in [-0.15, -0.1) is 0 Å². The molecule has 6 heteroatoms. The van der Waals surface area contributed by atoms with E-state index in [1.54, 1.807) is 12.0 Å². The molecule has 2 rings (SSSR count). The van der Waals surface area contributed by atoms with Gasteiger partial charge in [0.1, 0.15) is 17.5 Å². The molecule has 0 aliphatic heterocycles. The maximum absolute atomic E-state index is 13.2. The number of methoxy groups -OCH3 is 1. The molecule has 0 saturated carbocycles. The molecule has 0 saturated heterocycles. The normalized spacial score (nSPS) is 11.5. The summed E-state index contributed by atoms with van der Waals surface area (Å²) >= 11 is 0. The molecule has 0 radical (unpaired) electrons. The summed E-state index contributed by atoms with van der Waals surface area (Å²) in [6, 6.07) is 14.5.